The Balaban J connectivity index is 2.07. The van der Waals surface area contributed by atoms with Crippen LogP contribution in [0.15, 0.2) is 11.0 Å². The largest absolute Gasteiger partial charge is 0.382 e. The van der Waals surface area contributed by atoms with Crippen LogP contribution in [0.25, 0.3) is 0 Å². The molecule has 0 amide bonds. The fourth-order valence-corrected chi connectivity index (χ4v) is 1.97. The predicted molar refractivity (Wildman–Crippen MR) is 74.2 cm³/mol. The molecule has 0 radical (unpaired) electrons. The van der Waals surface area contributed by atoms with E-state index in [1.165, 1.54) is 17.5 Å². The van der Waals surface area contributed by atoms with Crippen LogP contribution in [0.1, 0.15) is 39.5 Å². The van der Waals surface area contributed by atoms with E-state index in [0.29, 0.717) is 17.6 Å². The van der Waals surface area contributed by atoms with Gasteiger partial charge in [0.1, 0.15) is 5.02 Å². The maximum Gasteiger partial charge on any atom is 0.287 e. The zero-order chi connectivity index (χ0) is 13.2. The van der Waals surface area contributed by atoms with Crippen LogP contribution in [0, 0.1) is 5.41 Å². The third-order valence-corrected chi connectivity index (χ3v) is 3.88. The van der Waals surface area contributed by atoms with Crippen molar-refractivity contribution in [2.24, 2.45) is 5.41 Å². The lowest BCUT2D eigenvalue weighted by Crippen LogP contribution is -2.25. The lowest BCUT2D eigenvalue weighted by molar-refractivity contribution is 0.542. The van der Waals surface area contributed by atoms with E-state index in [1.807, 2.05) is 0 Å². The van der Waals surface area contributed by atoms with Crippen molar-refractivity contribution in [2.45, 2.75) is 46.1 Å². The Morgan fingerprint density at radius 1 is 1.56 bits per heavy atom. The number of anilines is 1. The summed E-state index contributed by atoms with van der Waals surface area (Å²) in [5.74, 6) is 0. The first kappa shape index (κ1) is 13.4. The minimum absolute atomic E-state index is 0.198. The summed E-state index contributed by atoms with van der Waals surface area (Å²) in [6, 6.07) is 0. The molecule has 1 aliphatic carbocycles. The number of rotatable bonds is 6. The lowest BCUT2D eigenvalue weighted by Gasteiger charge is -2.13. The van der Waals surface area contributed by atoms with E-state index in [2.05, 4.69) is 24.3 Å². The summed E-state index contributed by atoms with van der Waals surface area (Å²) in [4.78, 5) is 12.0. The summed E-state index contributed by atoms with van der Waals surface area (Å²) >= 11 is 6.09. The van der Waals surface area contributed by atoms with E-state index in [1.54, 1.807) is 6.20 Å². The van der Waals surface area contributed by atoms with Gasteiger partial charge in [-0.15, -0.1) is 0 Å². The molecular formula is C13H20ClN3O. The van der Waals surface area contributed by atoms with Gasteiger partial charge < -0.3 is 5.32 Å². The second kappa shape index (κ2) is 5.31. The van der Waals surface area contributed by atoms with E-state index in [0.717, 1.165) is 19.4 Å². The molecule has 18 heavy (non-hydrogen) atoms. The third kappa shape index (κ3) is 3.05. The van der Waals surface area contributed by atoms with E-state index in [9.17, 15) is 4.79 Å². The van der Waals surface area contributed by atoms with Gasteiger partial charge in [0.2, 0.25) is 0 Å². The van der Waals surface area contributed by atoms with E-state index in [-0.39, 0.29) is 10.6 Å². The maximum atomic E-state index is 12.0. The number of hydrogen-bond acceptors (Lipinski definition) is 3. The normalized spacial score (nSPS) is 16.6. The second-order valence-electron chi connectivity index (χ2n) is 5.42. The highest BCUT2D eigenvalue weighted by Gasteiger charge is 2.36. The highest BCUT2D eigenvalue weighted by atomic mass is 35.5. The average Bonchev–Trinajstić information content (AvgIpc) is 3.08. The first-order valence-electron chi connectivity index (χ1n) is 6.55. The number of aryl methyl sites for hydroxylation is 1. The number of hydrogen-bond donors (Lipinski definition) is 1. The van der Waals surface area contributed by atoms with Crippen molar-refractivity contribution in [3.63, 3.8) is 0 Å². The molecule has 1 aliphatic rings. The standard InChI is InChI=1S/C13H20ClN3O/c1-3-4-7-17-12(18)11(14)10(8-16-17)15-9-13(2)5-6-13/h8,15H,3-7,9H2,1-2H3. The molecule has 0 spiro atoms. The van der Waals surface area contributed by atoms with Gasteiger partial charge in [0.25, 0.3) is 5.56 Å². The number of halogens is 1. The van der Waals surface area contributed by atoms with Gasteiger partial charge in [-0.05, 0) is 24.7 Å². The van der Waals surface area contributed by atoms with E-state index >= 15 is 0 Å². The van der Waals surface area contributed by atoms with Crippen molar-refractivity contribution in [3.8, 4) is 0 Å². The Bertz CT molecular complexity index is 480. The topological polar surface area (TPSA) is 46.9 Å². The number of unbranched alkanes of at least 4 members (excludes halogenated alkanes) is 1. The number of aromatic nitrogens is 2. The van der Waals surface area contributed by atoms with Gasteiger partial charge in [-0.1, -0.05) is 31.9 Å². The van der Waals surface area contributed by atoms with Gasteiger partial charge in [-0.2, -0.15) is 5.10 Å². The Labute approximate surface area is 112 Å². The number of nitrogens with zero attached hydrogens (tertiary/aromatic N) is 2. The van der Waals surface area contributed by atoms with Crippen molar-refractivity contribution in [1.29, 1.82) is 0 Å². The van der Waals surface area contributed by atoms with Crippen LogP contribution in [0.3, 0.4) is 0 Å². The predicted octanol–water partition coefficient (Wildman–Crippen LogP) is 2.91. The van der Waals surface area contributed by atoms with Crippen LogP contribution in [0.5, 0.6) is 0 Å². The maximum absolute atomic E-state index is 12.0. The molecule has 0 aromatic carbocycles. The highest BCUT2D eigenvalue weighted by Crippen LogP contribution is 2.44. The molecule has 0 bridgehead atoms. The van der Waals surface area contributed by atoms with Crippen molar-refractivity contribution in [2.75, 3.05) is 11.9 Å². The second-order valence-corrected chi connectivity index (χ2v) is 5.80. The Kier molecular flexibility index (Phi) is 3.95. The third-order valence-electron chi connectivity index (χ3n) is 3.52. The molecule has 0 unspecified atom stereocenters. The average molecular weight is 270 g/mol. The van der Waals surface area contributed by atoms with Crippen molar-refractivity contribution < 1.29 is 0 Å². The molecule has 1 fully saturated rings. The van der Waals surface area contributed by atoms with Gasteiger partial charge in [-0.3, -0.25) is 4.79 Å². The monoisotopic (exact) mass is 269 g/mol. The zero-order valence-electron chi connectivity index (χ0n) is 11.0. The van der Waals surface area contributed by atoms with Gasteiger partial charge in [0, 0.05) is 13.1 Å². The molecule has 5 heteroatoms. The Morgan fingerprint density at radius 3 is 2.89 bits per heavy atom. The quantitative estimate of drug-likeness (QED) is 0.864. The molecule has 1 saturated carbocycles. The molecule has 0 aliphatic heterocycles. The molecule has 2 rings (SSSR count). The van der Waals surface area contributed by atoms with Crippen LogP contribution < -0.4 is 10.9 Å². The summed E-state index contributed by atoms with van der Waals surface area (Å²) in [6.45, 7) is 5.79. The molecule has 1 aromatic heterocycles. The molecule has 0 atom stereocenters. The fourth-order valence-electron chi connectivity index (χ4n) is 1.75. The highest BCUT2D eigenvalue weighted by molar-refractivity contribution is 6.32. The number of nitrogens with one attached hydrogen (secondary N) is 1. The molecule has 1 aromatic rings. The minimum Gasteiger partial charge on any atom is -0.382 e. The van der Waals surface area contributed by atoms with Gasteiger partial charge in [-0.25, -0.2) is 4.68 Å². The van der Waals surface area contributed by atoms with Crippen LogP contribution in [-0.4, -0.2) is 16.3 Å². The van der Waals surface area contributed by atoms with Crippen LogP contribution in [-0.2, 0) is 6.54 Å². The van der Waals surface area contributed by atoms with Crippen molar-refractivity contribution >= 4 is 17.3 Å². The molecule has 1 heterocycles. The molecule has 4 nitrogen and oxygen atoms in total. The Hall–Kier alpha value is -1.03. The van der Waals surface area contributed by atoms with E-state index < -0.39 is 0 Å². The van der Waals surface area contributed by atoms with Crippen molar-refractivity contribution in [3.05, 3.63) is 21.6 Å². The summed E-state index contributed by atoms with van der Waals surface area (Å²) < 4.78 is 1.44. The van der Waals surface area contributed by atoms with Crippen LogP contribution in [0.4, 0.5) is 5.69 Å². The van der Waals surface area contributed by atoms with Gasteiger partial charge in [0.15, 0.2) is 0 Å². The van der Waals surface area contributed by atoms with Gasteiger partial charge >= 0.3 is 0 Å². The first-order chi connectivity index (χ1) is 8.56. The Morgan fingerprint density at radius 2 is 2.28 bits per heavy atom. The van der Waals surface area contributed by atoms with E-state index in [4.69, 9.17) is 11.6 Å². The molecular weight excluding hydrogens is 250 g/mol. The summed E-state index contributed by atoms with van der Waals surface area (Å²) in [6.07, 6.45) is 6.10. The first-order valence-corrected chi connectivity index (χ1v) is 6.93. The summed E-state index contributed by atoms with van der Waals surface area (Å²) in [7, 11) is 0. The fraction of sp³-hybridized carbons (Fsp3) is 0.692. The SMILES string of the molecule is CCCCn1ncc(NCC2(C)CC2)c(Cl)c1=O. The molecule has 100 valence electrons. The van der Waals surface area contributed by atoms with Crippen molar-refractivity contribution in [1.82, 2.24) is 9.78 Å². The summed E-state index contributed by atoms with van der Waals surface area (Å²) in [5.41, 5.74) is 0.832. The minimum atomic E-state index is -0.198. The molecule has 1 N–H and O–H groups in total. The zero-order valence-corrected chi connectivity index (χ0v) is 11.8. The summed E-state index contributed by atoms with van der Waals surface area (Å²) in [5, 5.41) is 7.64. The van der Waals surface area contributed by atoms with Gasteiger partial charge in [0.05, 0.1) is 11.9 Å². The smallest absolute Gasteiger partial charge is 0.287 e. The lowest BCUT2D eigenvalue weighted by atomic mass is 10.1. The molecule has 0 saturated heterocycles. The van der Waals surface area contributed by atoms with Crippen LogP contribution >= 0.6 is 11.6 Å². The van der Waals surface area contributed by atoms with Crippen LogP contribution in [0.2, 0.25) is 5.02 Å².